The van der Waals surface area contributed by atoms with E-state index in [0.717, 1.165) is 25.9 Å². The van der Waals surface area contributed by atoms with Crippen LogP contribution in [0.2, 0.25) is 0 Å². The molecule has 1 fully saturated rings. The van der Waals surface area contributed by atoms with Crippen molar-refractivity contribution in [2.24, 2.45) is 0 Å². The van der Waals surface area contributed by atoms with Crippen molar-refractivity contribution in [1.82, 2.24) is 10.3 Å². The van der Waals surface area contributed by atoms with E-state index in [2.05, 4.69) is 10.3 Å². The number of nitrogens with one attached hydrogen (secondary N) is 1. The molecule has 0 saturated carbocycles. The molecular weight excluding hydrogens is 220 g/mol. The highest BCUT2D eigenvalue weighted by atomic mass is 35.5. The third-order valence-electron chi connectivity index (χ3n) is 2.43. The van der Waals surface area contributed by atoms with E-state index in [4.69, 9.17) is 9.52 Å². The molecule has 0 aliphatic carbocycles. The van der Waals surface area contributed by atoms with Crippen LogP contribution in [0, 0.1) is 0 Å². The molecule has 84 valence electrons. The molecule has 0 spiro atoms. The number of aromatic nitrogens is 1. The Morgan fingerprint density at radius 1 is 1.53 bits per heavy atom. The van der Waals surface area contributed by atoms with Crippen LogP contribution in [-0.2, 0) is 0 Å². The molecule has 1 aromatic rings. The molecule has 0 bridgehead atoms. The third kappa shape index (κ3) is 2.70. The number of nitrogens with zero attached hydrogens (tertiary/aromatic N) is 1. The Morgan fingerprint density at radius 2 is 2.20 bits per heavy atom. The van der Waals surface area contributed by atoms with Gasteiger partial charge in [0.25, 0.3) is 0 Å². The fraction of sp³-hybridized carbons (Fsp3) is 0.556. The van der Waals surface area contributed by atoms with Gasteiger partial charge in [-0.25, -0.2) is 9.78 Å². The first-order valence-corrected chi connectivity index (χ1v) is 4.67. The summed E-state index contributed by atoms with van der Waals surface area (Å²) in [4.78, 5) is 14.5. The number of halogens is 1. The zero-order chi connectivity index (χ0) is 9.97. The van der Waals surface area contributed by atoms with Gasteiger partial charge in [-0.1, -0.05) is 0 Å². The van der Waals surface area contributed by atoms with Gasteiger partial charge in [0, 0.05) is 5.92 Å². The molecule has 0 unspecified atom stereocenters. The minimum atomic E-state index is -1.03. The van der Waals surface area contributed by atoms with Gasteiger partial charge in [-0.05, 0) is 25.9 Å². The summed E-state index contributed by atoms with van der Waals surface area (Å²) in [5.41, 5.74) is -0.00136. The molecule has 1 saturated heterocycles. The molecule has 1 aromatic heterocycles. The second kappa shape index (κ2) is 5.14. The first-order valence-electron chi connectivity index (χ1n) is 4.67. The van der Waals surface area contributed by atoms with Gasteiger partial charge in [0.2, 0.25) is 0 Å². The zero-order valence-electron chi connectivity index (χ0n) is 8.10. The molecule has 0 atom stereocenters. The number of aromatic carboxylic acids is 1. The largest absolute Gasteiger partial charge is 0.476 e. The van der Waals surface area contributed by atoms with E-state index >= 15 is 0 Å². The third-order valence-corrected chi connectivity index (χ3v) is 2.43. The normalized spacial score (nSPS) is 17.1. The summed E-state index contributed by atoms with van der Waals surface area (Å²) in [5.74, 6) is -0.206. The summed E-state index contributed by atoms with van der Waals surface area (Å²) in [6.45, 7) is 1.88. The molecule has 1 aliphatic heterocycles. The average Bonchev–Trinajstić information content (AvgIpc) is 2.68. The standard InChI is InChI=1S/C9H12N2O3.ClH/c12-9(13)7-5-14-8(11-7)6-1-3-10-4-2-6;/h5-6,10H,1-4H2,(H,12,13);1H. The van der Waals surface area contributed by atoms with Crippen molar-refractivity contribution in [2.45, 2.75) is 18.8 Å². The van der Waals surface area contributed by atoms with Crippen molar-refractivity contribution in [2.75, 3.05) is 13.1 Å². The molecule has 15 heavy (non-hydrogen) atoms. The summed E-state index contributed by atoms with van der Waals surface area (Å²) >= 11 is 0. The van der Waals surface area contributed by atoms with Crippen LogP contribution in [0.25, 0.3) is 0 Å². The molecule has 5 nitrogen and oxygen atoms in total. The maximum atomic E-state index is 10.6. The Labute approximate surface area is 93.3 Å². The average molecular weight is 233 g/mol. The maximum Gasteiger partial charge on any atom is 0.357 e. The molecule has 2 heterocycles. The van der Waals surface area contributed by atoms with Gasteiger partial charge in [-0.3, -0.25) is 0 Å². The smallest absolute Gasteiger partial charge is 0.357 e. The maximum absolute atomic E-state index is 10.6. The number of oxazole rings is 1. The Morgan fingerprint density at radius 3 is 2.73 bits per heavy atom. The predicted molar refractivity (Wildman–Crippen MR) is 55.6 cm³/mol. The lowest BCUT2D eigenvalue weighted by Gasteiger charge is -2.19. The van der Waals surface area contributed by atoms with Crippen molar-refractivity contribution in [3.8, 4) is 0 Å². The van der Waals surface area contributed by atoms with E-state index < -0.39 is 5.97 Å². The van der Waals surface area contributed by atoms with Crippen LogP contribution >= 0.6 is 12.4 Å². The fourth-order valence-electron chi connectivity index (χ4n) is 1.64. The van der Waals surface area contributed by atoms with Crippen LogP contribution in [-0.4, -0.2) is 29.1 Å². The van der Waals surface area contributed by atoms with E-state index in [0.29, 0.717) is 5.89 Å². The molecule has 0 aromatic carbocycles. The Hall–Kier alpha value is -1.07. The van der Waals surface area contributed by atoms with E-state index in [1.807, 2.05) is 0 Å². The number of hydrogen-bond acceptors (Lipinski definition) is 4. The summed E-state index contributed by atoms with van der Waals surface area (Å²) in [7, 11) is 0. The molecule has 6 heteroatoms. The van der Waals surface area contributed by atoms with Crippen LogP contribution in [0.3, 0.4) is 0 Å². The lowest BCUT2D eigenvalue weighted by Crippen LogP contribution is -2.26. The number of hydrogen-bond donors (Lipinski definition) is 2. The van der Waals surface area contributed by atoms with Gasteiger partial charge >= 0.3 is 5.97 Å². The fourth-order valence-corrected chi connectivity index (χ4v) is 1.64. The van der Waals surface area contributed by atoms with Crippen molar-refractivity contribution in [3.05, 3.63) is 17.8 Å². The van der Waals surface area contributed by atoms with Gasteiger partial charge < -0.3 is 14.8 Å². The molecule has 0 amide bonds. The van der Waals surface area contributed by atoms with E-state index in [9.17, 15) is 4.79 Å². The Kier molecular flexibility index (Phi) is 4.11. The summed E-state index contributed by atoms with van der Waals surface area (Å²) in [6, 6.07) is 0. The van der Waals surface area contributed by atoms with Crippen molar-refractivity contribution < 1.29 is 14.3 Å². The molecule has 2 rings (SSSR count). The summed E-state index contributed by atoms with van der Waals surface area (Å²) < 4.78 is 5.15. The summed E-state index contributed by atoms with van der Waals surface area (Å²) in [5, 5.41) is 11.9. The first-order chi connectivity index (χ1) is 6.77. The van der Waals surface area contributed by atoms with Crippen LogP contribution < -0.4 is 5.32 Å². The van der Waals surface area contributed by atoms with Crippen LogP contribution in [0.4, 0.5) is 0 Å². The summed E-state index contributed by atoms with van der Waals surface area (Å²) in [6.07, 6.45) is 3.12. The molecular formula is C9H13ClN2O3. The lowest BCUT2D eigenvalue weighted by molar-refractivity contribution is 0.0690. The van der Waals surface area contributed by atoms with Gasteiger partial charge in [-0.2, -0.15) is 0 Å². The van der Waals surface area contributed by atoms with Gasteiger partial charge in [-0.15, -0.1) is 12.4 Å². The minimum absolute atomic E-state index is 0. The van der Waals surface area contributed by atoms with Crippen LogP contribution in [0.5, 0.6) is 0 Å². The number of carboxylic acids is 1. The van der Waals surface area contributed by atoms with E-state index in [-0.39, 0.29) is 24.0 Å². The molecule has 2 N–H and O–H groups in total. The number of piperidine rings is 1. The van der Waals surface area contributed by atoms with E-state index in [1.54, 1.807) is 0 Å². The van der Waals surface area contributed by atoms with Crippen LogP contribution in [0.15, 0.2) is 10.7 Å². The second-order valence-electron chi connectivity index (χ2n) is 3.40. The number of rotatable bonds is 2. The van der Waals surface area contributed by atoms with Crippen molar-refractivity contribution in [3.63, 3.8) is 0 Å². The molecule has 1 aliphatic rings. The van der Waals surface area contributed by atoms with Crippen molar-refractivity contribution in [1.29, 1.82) is 0 Å². The van der Waals surface area contributed by atoms with Gasteiger partial charge in [0.05, 0.1) is 0 Å². The Bertz CT molecular complexity index is 334. The zero-order valence-corrected chi connectivity index (χ0v) is 8.92. The highest BCUT2D eigenvalue weighted by Crippen LogP contribution is 2.24. The minimum Gasteiger partial charge on any atom is -0.476 e. The predicted octanol–water partition coefficient (Wildman–Crippen LogP) is 1.26. The number of carboxylic acid groups (broad SMARTS) is 1. The number of carbonyl (C=O) groups is 1. The molecule has 0 radical (unpaired) electrons. The van der Waals surface area contributed by atoms with Crippen LogP contribution in [0.1, 0.15) is 35.1 Å². The van der Waals surface area contributed by atoms with Gasteiger partial charge in [0.1, 0.15) is 6.26 Å². The first kappa shape index (κ1) is 12.0. The second-order valence-corrected chi connectivity index (χ2v) is 3.40. The van der Waals surface area contributed by atoms with E-state index in [1.165, 1.54) is 6.26 Å². The monoisotopic (exact) mass is 232 g/mol. The van der Waals surface area contributed by atoms with Crippen molar-refractivity contribution >= 4 is 18.4 Å². The Balaban J connectivity index is 0.00000112. The van der Waals surface area contributed by atoms with Gasteiger partial charge in [0.15, 0.2) is 11.6 Å². The highest BCUT2D eigenvalue weighted by Gasteiger charge is 2.21. The highest BCUT2D eigenvalue weighted by molar-refractivity contribution is 5.85. The lowest BCUT2D eigenvalue weighted by atomic mass is 9.98. The SMILES string of the molecule is Cl.O=C(O)c1coc(C2CCNCC2)n1. The topological polar surface area (TPSA) is 75.4 Å². The quantitative estimate of drug-likeness (QED) is 0.803.